The summed E-state index contributed by atoms with van der Waals surface area (Å²) in [5.41, 5.74) is 2.37. The predicted octanol–water partition coefficient (Wildman–Crippen LogP) is 3.84. The van der Waals surface area contributed by atoms with Crippen LogP contribution in [0.4, 0.5) is 11.4 Å². The molecule has 9 heteroatoms. The lowest BCUT2D eigenvalue weighted by Gasteiger charge is -2.14. The van der Waals surface area contributed by atoms with Crippen LogP contribution in [0, 0.1) is 0 Å². The van der Waals surface area contributed by atoms with Crippen LogP contribution in [0.1, 0.15) is 24.8 Å². The highest BCUT2D eigenvalue weighted by Gasteiger charge is 2.22. The summed E-state index contributed by atoms with van der Waals surface area (Å²) in [5, 5.41) is 8.49. The molecule has 0 aliphatic carbocycles. The molecule has 174 valence electrons. The summed E-state index contributed by atoms with van der Waals surface area (Å²) in [5.74, 6) is -0.634. The number of carbonyl (C=O) groups is 2. The lowest BCUT2D eigenvalue weighted by molar-refractivity contribution is -0.132. The van der Waals surface area contributed by atoms with Crippen molar-refractivity contribution >= 4 is 38.9 Å². The molecular formula is C25H24N4O4S. The molecule has 3 aromatic carbocycles. The molecule has 8 nitrogen and oxygen atoms in total. The number of nitrogens with one attached hydrogen (secondary N) is 2. The third-order valence-electron chi connectivity index (χ3n) is 5.26. The minimum Gasteiger partial charge on any atom is -0.324 e. The Morgan fingerprint density at radius 1 is 0.824 bits per heavy atom. The SMILES string of the molecule is O=C(CCC(=O)N1CCC(c2ccccc2)=N1)Nc1ccccc1NS(=O)(=O)c1ccccc1. The summed E-state index contributed by atoms with van der Waals surface area (Å²) >= 11 is 0. The quantitative estimate of drug-likeness (QED) is 0.515. The number of sulfonamides is 1. The summed E-state index contributed by atoms with van der Waals surface area (Å²) in [7, 11) is -3.81. The van der Waals surface area contributed by atoms with Gasteiger partial charge < -0.3 is 5.32 Å². The molecule has 1 aliphatic rings. The lowest BCUT2D eigenvalue weighted by atomic mass is 10.1. The van der Waals surface area contributed by atoms with Gasteiger partial charge in [-0.2, -0.15) is 5.10 Å². The van der Waals surface area contributed by atoms with Gasteiger partial charge in [0.1, 0.15) is 0 Å². The van der Waals surface area contributed by atoms with E-state index in [1.54, 1.807) is 42.5 Å². The number of amides is 2. The molecule has 0 saturated carbocycles. The lowest BCUT2D eigenvalue weighted by Crippen LogP contribution is -2.25. The second-order valence-corrected chi connectivity index (χ2v) is 9.37. The molecule has 0 spiro atoms. The average Bonchev–Trinajstić information content (AvgIpc) is 3.35. The fourth-order valence-electron chi connectivity index (χ4n) is 3.52. The minimum atomic E-state index is -3.81. The van der Waals surface area contributed by atoms with Gasteiger partial charge >= 0.3 is 0 Å². The summed E-state index contributed by atoms with van der Waals surface area (Å²) in [6.45, 7) is 0.481. The number of para-hydroxylation sites is 2. The van der Waals surface area contributed by atoms with Crippen molar-refractivity contribution in [2.24, 2.45) is 5.10 Å². The van der Waals surface area contributed by atoms with E-state index < -0.39 is 15.9 Å². The average molecular weight is 477 g/mol. The summed E-state index contributed by atoms with van der Waals surface area (Å²) in [6.07, 6.45) is 0.609. The highest BCUT2D eigenvalue weighted by atomic mass is 32.2. The number of anilines is 2. The number of nitrogens with zero attached hydrogens (tertiary/aromatic N) is 2. The molecule has 34 heavy (non-hydrogen) atoms. The van der Waals surface area contributed by atoms with Gasteiger partial charge in [0.05, 0.1) is 28.5 Å². The van der Waals surface area contributed by atoms with Crippen LogP contribution in [0.25, 0.3) is 0 Å². The van der Waals surface area contributed by atoms with Crippen LogP contribution >= 0.6 is 0 Å². The second kappa shape index (κ2) is 10.3. The van der Waals surface area contributed by atoms with Gasteiger partial charge in [0.2, 0.25) is 11.8 Å². The van der Waals surface area contributed by atoms with Crippen molar-refractivity contribution in [3.63, 3.8) is 0 Å². The highest BCUT2D eigenvalue weighted by Crippen LogP contribution is 2.25. The molecule has 2 amide bonds. The van der Waals surface area contributed by atoms with Crippen molar-refractivity contribution in [1.29, 1.82) is 0 Å². The number of carbonyl (C=O) groups excluding carboxylic acids is 2. The fourth-order valence-corrected chi connectivity index (χ4v) is 4.62. The Kier molecular flexibility index (Phi) is 7.03. The first-order chi connectivity index (χ1) is 16.4. The van der Waals surface area contributed by atoms with E-state index in [9.17, 15) is 18.0 Å². The van der Waals surface area contributed by atoms with Gasteiger partial charge in [-0.05, 0) is 29.8 Å². The Morgan fingerprint density at radius 3 is 2.15 bits per heavy atom. The molecular weight excluding hydrogens is 452 g/mol. The summed E-state index contributed by atoms with van der Waals surface area (Å²) in [6, 6.07) is 24.1. The van der Waals surface area contributed by atoms with Gasteiger partial charge in [-0.1, -0.05) is 60.7 Å². The standard InChI is InChI=1S/C25H24N4O4S/c30-24(15-16-25(31)29-18-17-21(27-29)19-9-3-1-4-10-19)26-22-13-7-8-14-23(22)28-34(32,33)20-11-5-2-6-12-20/h1-14,28H,15-18H2,(H,26,30). The second-order valence-electron chi connectivity index (χ2n) is 7.69. The smallest absolute Gasteiger partial charge is 0.261 e. The Labute approximate surface area is 198 Å². The van der Waals surface area contributed by atoms with Crippen molar-refractivity contribution in [3.8, 4) is 0 Å². The first-order valence-corrected chi connectivity index (χ1v) is 12.3. The van der Waals surface area contributed by atoms with Gasteiger partial charge in [0, 0.05) is 19.3 Å². The predicted molar refractivity (Wildman–Crippen MR) is 131 cm³/mol. The number of hydrogen-bond donors (Lipinski definition) is 2. The molecule has 4 rings (SSSR count). The van der Waals surface area contributed by atoms with Crippen LogP contribution in [0.2, 0.25) is 0 Å². The Morgan fingerprint density at radius 2 is 1.44 bits per heavy atom. The van der Waals surface area contributed by atoms with Crippen LogP contribution in [0.5, 0.6) is 0 Å². The van der Waals surface area contributed by atoms with E-state index in [4.69, 9.17) is 0 Å². The van der Waals surface area contributed by atoms with Gasteiger partial charge in [-0.15, -0.1) is 0 Å². The van der Waals surface area contributed by atoms with Crippen LogP contribution in [0.15, 0.2) is 94.9 Å². The van der Waals surface area contributed by atoms with Gasteiger partial charge in [-0.25, -0.2) is 13.4 Å². The zero-order valence-corrected chi connectivity index (χ0v) is 19.2. The van der Waals surface area contributed by atoms with E-state index in [1.165, 1.54) is 17.1 Å². The summed E-state index contributed by atoms with van der Waals surface area (Å²) in [4.78, 5) is 25.2. The number of hydrogen-bond acceptors (Lipinski definition) is 5. The topological polar surface area (TPSA) is 108 Å². The van der Waals surface area contributed by atoms with Crippen LogP contribution < -0.4 is 10.0 Å². The van der Waals surface area contributed by atoms with E-state index in [1.807, 2.05) is 30.3 Å². The van der Waals surface area contributed by atoms with Crippen LogP contribution in [-0.2, 0) is 19.6 Å². The fraction of sp³-hybridized carbons (Fsp3) is 0.160. The normalized spacial score (nSPS) is 13.3. The molecule has 0 saturated heterocycles. The maximum Gasteiger partial charge on any atom is 0.261 e. The molecule has 0 unspecified atom stereocenters. The Hall–Kier alpha value is -3.98. The van der Waals surface area contributed by atoms with Crippen LogP contribution in [0.3, 0.4) is 0 Å². The van der Waals surface area contributed by atoms with Crippen molar-refractivity contribution < 1.29 is 18.0 Å². The van der Waals surface area contributed by atoms with Crippen LogP contribution in [-0.4, -0.2) is 37.5 Å². The maximum absolute atomic E-state index is 12.6. The maximum atomic E-state index is 12.6. The molecule has 0 aromatic heterocycles. The molecule has 1 aliphatic heterocycles. The number of benzene rings is 3. The highest BCUT2D eigenvalue weighted by molar-refractivity contribution is 7.92. The minimum absolute atomic E-state index is 0.00465. The van der Waals surface area contributed by atoms with E-state index in [2.05, 4.69) is 15.1 Å². The van der Waals surface area contributed by atoms with E-state index >= 15 is 0 Å². The molecule has 1 heterocycles. The molecule has 3 aromatic rings. The largest absolute Gasteiger partial charge is 0.324 e. The third-order valence-corrected chi connectivity index (χ3v) is 6.64. The first kappa shape index (κ1) is 23.2. The zero-order valence-electron chi connectivity index (χ0n) is 18.3. The van der Waals surface area contributed by atoms with Crippen molar-refractivity contribution in [3.05, 3.63) is 90.5 Å². The Balaban J connectivity index is 1.35. The van der Waals surface area contributed by atoms with E-state index in [-0.39, 0.29) is 29.3 Å². The van der Waals surface area contributed by atoms with E-state index in [0.717, 1.165) is 11.3 Å². The van der Waals surface area contributed by atoms with E-state index in [0.29, 0.717) is 18.7 Å². The Bertz CT molecular complexity index is 1310. The molecule has 0 fully saturated rings. The van der Waals surface area contributed by atoms with Crippen molar-refractivity contribution in [1.82, 2.24) is 5.01 Å². The molecule has 0 bridgehead atoms. The number of hydrazone groups is 1. The van der Waals surface area contributed by atoms with Gasteiger partial charge in [0.25, 0.3) is 10.0 Å². The third kappa shape index (κ3) is 5.68. The zero-order chi connectivity index (χ0) is 24.0. The van der Waals surface area contributed by atoms with Crippen molar-refractivity contribution in [2.75, 3.05) is 16.6 Å². The first-order valence-electron chi connectivity index (χ1n) is 10.8. The molecule has 0 radical (unpaired) electrons. The van der Waals surface area contributed by atoms with Gasteiger partial charge in [0.15, 0.2) is 0 Å². The summed E-state index contributed by atoms with van der Waals surface area (Å²) < 4.78 is 27.8. The monoisotopic (exact) mass is 476 g/mol. The molecule has 0 atom stereocenters. The number of rotatable bonds is 8. The van der Waals surface area contributed by atoms with Gasteiger partial charge in [-0.3, -0.25) is 14.3 Å². The molecule has 2 N–H and O–H groups in total. The van der Waals surface area contributed by atoms with Crippen molar-refractivity contribution in [2.45, 2.75) is 24.2 Å².